The number of aromatic nitrogens is 4. The van der Waals surface area contributed by atoms with Crippen LogP contribution in [0, 0.1) is 0 Å². The van der Waals surface area contributed by atoms with Crippen LogP contribution in [0.3, 0.4) is 0 Å². The molecule has 0 unspecified atom stereocenters. The number of rotatable bonds is 4. The molecule has 1 aromatic carbocycles. The van der Waals surface area contributed by atoms with Gasteiger partial charge in [-0.2, -0.15) is 0 Å². The predicted molar refractivity (Wildman–Crippen MR) is 79.5 cm³/mol. The van der Waals surface area contributed by atoms with Crippen molar-refractivity contribution in [3.05, 3.63) is 46.8 Å². The van der Waals surface area contributed by atoms with E-state index in [4.69, 9.17) is 4.74 Å². The molecule has 0 radical (unpaired) electrons. The SMILES string of the molecule is CCn1nncc1COc1ccc2ncccc2c1Br. The van der Waals surface area contributed by atoms with E-state index in [2.05, 4.69) is 31.2 Å². The highest BCUT2D eigenvalue weighted by Gasteiger charge is 2.08. The van der Waals surface area contributed by atoms with E-state index in [1.165, 1.54) is 0 Å². The third-order valence-electron chi connectivity index (χ3n) is 3.06. The van der Waals surface area contributed by atoms with Gasteiger partial charge in [0.25, 0.3) is 0 Å². The first-order chi connectivity index (χ1) is 9.79. The summed E-state index contributed by atoms with van der Waals surface area (Å²) in [6.45, 7) is 3.24. The topological polar surface area (TPSA) is 52.8 Å². The molecule has 0 saturated heterocycles. The number of halogens is 1. The lowest BCUT2D eigenvalue weighted by Crippen LogP contribution is -2.06. The van der Waals surface area contributed by atoms with Crippen LogP contribution in [0.15, 0.2) is 41.1 Å². The van der Waals surface area contributed by atoms with Gasteiger partial charge in [-0.3, -0.25) is 4.98 Å². The van der Waals surface area contributed by atoms with E-state index in [0.717, 1.165) is 33.4 Å². The van der Waals surface area contributed by atoms with Gasteiger partial charge in [0, 0.05) is 18.1 Å². The molecule has 0 N–H and O–H groups in total. The first-order valence-corrected chi connectivity index (χ1v) is 7.12. The maximum absolute atomic E-state index is 5.86. The highest BCUT2D eigenvalue weighted by atomic mass is 79.9. The van der Waals surface area contributed by atoms with Gasteiger partial charge in [0.05, 0.1) is 21.9 Å². The largest absolute Gasteiger partial charge is 0.486 e. The second kappa shape index (κ2) is 5.58. The summed E-state index contributed by atoms with van der Waals surface area (Å²) in [5.74, 6) is 0.786. The van der Waals surface area contributed by atoms with Crippen molar-refractivity contribution < 1.29 is 4.74 Å². The molecule has 3 rings (SSSR count). The number of ether oxygens (including phenoxy) is 1. The van der Waals surface area contributed by atoms with Crippen molar-refractivity contribution in [2.24, 2.45) is 0 Å². The molecule has 5 nitrogen and oxygen atoms in total. The smallest absolute Gasteiger partial charge is 0.134 e. The second-order valence-corrected chi connectivity index (χ2v) is 5.07. The Balaban J connectivity index is 1.86. The van der Waals surface area contributed by atoms with Crippen molar-refractivity contribution in [3.8, 4) is 5.75 Å². The summed E-state index contributed by atoms with van der Waals surface area (Å²) in [6.07, 6.45) is 3.50. The Morgan fingerprint density at radius 3 is 3.05 bits per heavy atom. The molecule has 0 aliphatic rings. The molecule has 0 bridgehead atoms. The third-order valence-corrected chi connectivity index (χ3v) is 3.87. The maximum atomic E-state index is 5.86. The Morgan fingerprint density at radius 1 is 1.30 bits per heavy atom. The zero-order valence-corrected chi connectivity index (χ0v) is 12.5. The Morgan fingerprint density at radius 2 is 2.20 bits per heavy atom. The molecule has 0 spiro atoms. The summed E-state index contributed by atoms with van der Waals surface area (Å²) in [6, 6.07) is 7.79. The zero-order chi connectivity index (χ0) is 13.9. The van der Waals surface area contributed by atoms with Gasteiger partial charge in [-0.05, 0) is 41.1 Å². The summed E-state index contributed by atoms with van der Waals surface area (Å²) < 4.78 is 8.59. The van der Waals surface area contributed by atoms with Gasteiger partial charge < -0.3 is 4.74 Å². The first-order valence-electron chi connectivity index (χ1n) is 6.33. The van der Waals surface area contributed by atoms with Crippen LogP contribution in [0.1, 0.15) is 12.6 Å². The fraction of sp³-hybridized carbons (Fsp3) is 0.214. The molecule has 102 valence electrons. The van der Waals surface area contributed by atoms with Crippen LogP contribution in [0.2, 0.25) is 0 Å². The minimum absolute atomic E-state index is 0.436. The van der Waals surface area contributed by atoms with Crippen LogP contribution < -0.4 is 4.74 Å². The lowest BCUT2D eigenvalue weighted by atomic mass is 10.2. The summed E-state index contributed by atoms with van der Waals surface area (Å²) in [4.78, 5) is 4.31. The fourth-order valence-corrected chi connectivity index (χ4v) is 2.60. The van der Waals surface area contributed by atoms with Crippen molar-refractivity contribution in [2.75, 3.05) is 0 Å². The maximum Gasteiger partial charge on any atom is 0.134 e. The van der Waals surface area contributed by atoms with Crippen LogP contribution in [0.25, 0.3) is 10.9 Å². The minimum atomic E-state index is 0.436. The van der Waals surface area contributed by atoms with Gasteiger partial charge in [-0.15, -0.1) is 5.10 Å². The minimum Gasteiger partial charge on any atom is -0.486 e. The van der Waals surface area contributed by atoms with Crippen molar-refractivity contribution >= 4 is 26.8 Å². The molecule has 2 aromatic heterocycles. The average Bonchev–Trinajstić information content (AvgIpc) is 2.94. The van der Waals surface area contributed by atoms with Crippen molar-refractivity contribution in [1.82, 2.24) is 20.0 Å². The van der Waals surface area contributed by atoms with Crippen molar-refractivity contribution in [1.29, 1.82) is 0 Å². The lowest BCUT2D eigenvalue weighted by Gasteiger charge is -2.10. The normalized spacial score (nSPS) is 10.9. The van der Waals surface area contributed by atoms with E-state index >= 15 is 0 Å². The monoisotopic (exact) mass is 332 g/mol. The second-order valence-electron chi connectivity index (χ2n) is 4.28. The summed E-state index contributed by atoms with van der Waals surface area (Å²) in [5, 5.41) is 8.91. The van der Waals surface area contributed by atoms with E-state index in [0.29, 0.717) is 6.61 Å². The van der Waals surface area contributed by atoms with Gasteiger partial charge in [-0.25, -0.2) is 4.68 Å². The van der Waals surface area contributed by atoms with E-state index in [1.54, 1.807) is 12.4 Å². The molecule has 0 saturated carbocycles. The predicted octanol–water partition coefficient (Wildman–Crippen LogP) is 3.19. The van der Waals surface area contributed by atoms with Gasteiger partial charge in [-0.1, -0.05) is 11.3 Å². The summed E-state index contributed by atoms with van der Waals surface area (Å²) in [7, 11) is 0. The van der Waals surface area contributed by atoms with Gasteiger partial charge >= 0.3 is 0 Å². The Hall–Kier alpha value is -1.95. The molecule has 0 aliphatic carbocycles. The molecule has 3 aromatic rings. The Kier molecular flexibility index (Phi) is 3.64. The molecular formula is C14H13BrN4O. The van der Waals surface area contributed by atoms with Gasteiger partial charge in [0.1, 0.15) is 12.4 Å². The van der Waals surface area contributed by atoms with E-state index in [1.807, 2.05) is 35.9 Å². The Labute approximate surface area is 124 Å². The molecule has 6 heteroatoms. The number of pyridine rings is 1. The molecule has 0 fully saturated rings. The summed E-state index contributed by atoms with van der Waals surface area (Å²) in [5.41, 5.74) is 1.89. The van der Waals surface area contributed by atoms with Crippen LogP contribution in [0.4, 0.5) is 0 Å². The molecule has 2 heterocycles. The number of hydrogen-bond donors (Lipinski definition) is 0. The number of benzene rings is 1. The zero-order valence-electron chi connectivity index (χ0n) is 11.0. The molecule has 0 amide bonds. The van der Waals surface area contributed by atoms with E-state index in [-0.39, 0.29) is 0 Å². The number of aryl methyl sites for hydroxylation is 1. The quantitative estimate of drug-likeness (QED) is 0.736. The highest BCUT2D eigenvalue weighted by molar-refractivity contribution is 9.10. The Bertz CT molecular complexity index is 741. The third kappa shape index (κ3) is 2.38. The summed E-state index contributed by atoms with van der Waals surface area (Å²) >= 11 is 3.58. The highest BCUT2D eigenvalue weighted by Crippen LogP contribution is 2.32. The first kappa shape index (κ1) is 13.1. The standard InChI is InChI=1S/C14H13BrN4O/c1-2-19-10(8-17-18-19)9-20-13-6-5-12-11(14(13)15)4-3-7-16-12/h3-8H,2,9H2,1H3. The van der Waals surface area contributed by atoms with Crippen LogP contribution in [-0.4, -0.2) is 20.0 Å². The number of nitrogens with zero attached hydrogens (tertiary/aromatic N) is 4. The number of hydrogen-bond acceptors (Lipinski definition) is 4. The van der Waals surface area contributed by atoms with E-state index in [9.17, 15) is 0 Å². The fourth-order valence-electron chi connectivity index (χ4n) is 2.02. The van der Waals surface area contributed by atoms with Crippen LogP contribution in [-0.2, 0) is 13.2 Å². The molecule has 0 atom stereocenters. The van der Waals surface area contributed by atoms with Gasteiger partial charge in [0.2, 0.25) is 0 Å². The van der Waals surface area contributed by atoms with E-state index < -0.39 is 0 Å². The van der Waals surface area contributed by atoms with Crippen molar-refractivity contribution in [2.45, 2.75) is 20.1 Å². The van der Waals surface area contributed by atoms with Crippen LogP contribution in [0.5, 0.6) is 5.75 Å². The molecular weight excluding hydrogens is 320 g/mol. The molecule has 20 heavy (non-hydrogen) atoms. The van der Waals surface area contributed by atoms with Gasteiger partial charge in [0.15, 0.2) is 0 Å². The molecule has 0 aliphatic heterocycles. The number of fused-ring (bicyclic) bond motifs is 1. The average molecular weight is 333 g/mol. The van der Waals surface area contributed by atoms with Crippen molar-refractivity contribution in [3.63, 3.8) is 0 Å². The van der Waals surface area contributed by atoms with Crippen LogP contribution >= 0.6 is 15.9 Å². The lowest BCUT2D eigenvalue weighted by molar-refractivity contribution is 0.291.